The molecule has 32 heavy (non-hydrogen) atoms. The molecule has 0 aliphatic heterocycles. The van der Waals surface area contributed by atoms with Gasteiger partial charge in [0.15, 0.2) is 11.5 Å². The molecule has 168 valence electrons. The van der Waals surface area contributed by atoms with Crippen LogP contribution in [-0.4, -0.2) is 30.9 Å². The summed E-state index contributed by atoms with van der Waals surface area (Å²) in [5.74, 6) is 0.688. The second-order valence-corrected chi connectivity index (χ2v) is 8.24. The van der Waals surface area contributed by atoms with E-state index in [9.17, 15) is 4.79 Å². The Morgan fingerprint density at radius 2 is 1.97 bits per heavy atom. The van der Waals surface area contributed by atoms with Crippen LogP contribution in [0.1, 0.15) is 33.4 Å². The summed E-state index contributed by atoms with van der Waals surface area (Å²) in [7, 11) is 1.55. The van der Waals surface area contributed by atoms with Gasteiger partial charge in [0.2, 0.25) is 5.13 Å². The summed E-state index contributed by atoms with van der Waals surface area (Å²) in [6, 6.07) is 10.7. The van der Waals surface area contributed by atoms with Gasteiger partial charge < -0.3 is 14.2 Å². The van der Waals surface area contributed by atoms with Gasteiger partial charge in [-0.05, 0) is 49.7 Å². The van der Waals surface area contributed by atoms with Crippen LogP contribution in [0.15, 0.2) is 41.5 Å². The Kier molecular flexibility index (Phi) is 8.33. The van der Waals surface area contributed by atoms with Crippen molar-refractivity contribution < 1.29 is 19.0 Å². The number of carbonyl (C=O) groups excluding carboxylic acids is 1. The quantitative estimate of drug-likeness (QED) is 0.224. The maximum Gasteiger partial charge on any atom is 0.350 e. The number of benzene rings is 2. The largest absolute Gasteiger partial charge is 0.493 e. The predicted molar refractivity (Wildman–Crippen MR) is 128 cm³/mol. The number of rotatable bonds is 9. The average Bonchev–Trinajstić information content (AvgIpc) is 3.14. The van der Waals surface area contributed by atoms with Gasteiger partial charge in [0.25, 0.3) is 0 Å². The predicted octanol–water partition coefficient (Wildman–Crippen LogP) is 5.97. The van der Waals surface area contributed by atoms with E-state index < -0.39 is 5.97 Å². The molecule has 2 aromatic carbocycles. The number of ether oxygens (including phenoxy) is 3. The third kappa shape index (κ3) is 5.91. The maximum atomic E-state index is 11.9. The number of aryl methyl sites for hydroxylation is 1. The van der Waals surface area contributed by atoms with E-state index in [1.807, 2.05) is 6.07 Å². The van der Waals surface area contributed by atoms with Crippen molar-refractivity contribution in [3.8, 4) is 11.5 Å². The number of nitrogens with one attached hydrogen (secondary N) is 1. The van der Waals surface area contributed by atoms with Crippen molar-refractivity contribution in [1.29, 1.82) is 0 Å². The minimum atomic E-state index is -0.391. The molecule has 0 amide bonds. The second-order valence-electron chi connectivity index (χ2n) is 6.42. The number of nitrogens with zero attached hydrogens (tertiary/aromatic N) is 2. The van der Waals surface area contributed by atoms with E-state index in [0.29, 0.717) is 49.4 Å². The van der Waals surface area contributed by atoms with Crippen LogP contribution in [0.2, 0.25) is 10.0 Å². The number of aromatic nitrogens is 1. The maximum absolute atomic E-state index is 11.9. The van der Waals surface area contributed by atoms with Crippen LogP contribution in [0.5, 0.6) is 11.5 Å². The van der Waals surface area contributed by atoms with Crippen molar-refractivity contribution in [2.45, 2.75) is 20.5 Å². The van der Waals surface area contributed by atoms with Gasteiger partial charge >= 0.3 is 5.97 Å². The number of hydrogen-bond acceptors (Lipinski definition) is 8. The minimum absolute atomic E-state index is 0.204. The lowest BCUT2D eigenvalue weighted by molar-refractivity contribution is 0.0531. The number of halogens is 2. The number of anilines is 1. The van der Waals surface area contributed by atoms with Crippen molar-refractivity contribution in [2.24, 2.45) is 5.10 Å². The Labute approximate surface area is 199 Å². The normalized spacial score (nSPS) is 10.9. The zero-order valence-corrected chi connectivity index (χ0v) is 20.0. The molecule has 0 saturated heterocycles. The zero-order valence-electron chi connectivity index (χ0n) is 17.6. The molecule has 1 heterocycles. The SMILES string of the molecule is CCOC(=O)c1sc(NN=Cc2ccc(OCc3c(Cl)cccc3Cl)c(OC)c2)nc1C. The Morgan fingerprint density at radius 1 is 1.22 bits per heavy atom. The molecule has 0 bridgehead atoms. The molecule has 1 N–H and O–H groups in total. The van der Waals surface area contributed by atoms with Crippen LogP contribution in [0.25, 0.3) is 0 Å². The molecule has 3 aromatic rings. The first kappa shape index (κ1) is 23.8. The highest BCUT2D eigenvalue weighted by atomic mass is 35.5. The third-order valence-corrected chi connectivity index (χ3v) is 6.00. The zero-order chi connectivity index (χ0) is 23.1. The Bertz CT molecular complexity index is 1110. The lowest BCUT2D eigenvalue weighted by atomic mass is 10.2. The molecule has 0 fully saturated rings. The molecule has 0 saturated carbocycles. The van der Waals surface area contributed by atoms with Crippen molar-refractivity contribution in [2.75, 3.05) is 19.1 Å². The highest BCUT2D eigenvalue weighted by Gasteiger charge is 2.16. The first-order valence-corrected chi connectivity index (χ1v) is 11.2. The molecular weight excluding hydrogens is 473 g/mol. The van der Waals surface area contributed by atoms with Crippen molar-refractivity contribution in [3.63, 3.8) is 0 Å². The molecule has 0 atom stereocenters. The van der Waals surface area contributed by atoms with Crippen LogP contribution in [-0.2, 0) is 11.3 Å². The summed E-state index contributed by atoms with van der Waals surface area (Å²) in [5.41, 5.74) is 4.90. The molecule has 0 radical (unpaired) electrons. The van der Waals surface area contributed by atoms with Gasteiger partial charge in [-0.1, -0.05) is 40.6 Å². The Morgan fingerprint density at radius 3 is 2.66 bits per heavy atom. The summed E-state index contributed by atoms with van der Waals surface area (Å²) in [5, 5.41) is 5.75. The number of carbonyl (C=O) groups is 1. The van der Waals surface area contributed by atoms with Gasteiger partial charge in [-0.2, -0.15) is 5.10 Å². The standard InChI is InChI=1S/C22H21Cl2N3O4S/c1-4-30-21(28)20-13(2)26-22(32-20)27-25-11-14-8-9-18(19(10-14)29-3)31-12-15-16(23)6-5-7-17(15)24/h5-11H,4,12H2,1-3H3,(H,26,27). The lowest BCUT2D eigenvalue weighted by Crippen LogP contribution is -2.03. The first-order valence-electron chi connectivity index (χ1n) is 9.60. The Balaban J connectivity index is 1.66. The van der Waals surface area contributed by atoms with E-state index in [1.54, 1.807) is 57.5 Å². The molecule has 3 rings (SSSR count). The lowest BCUT2D eigenvalue weighted by Gasteiger charge is -2.13. The van der Waals surface area contributed by atoms with Gasteiger partial charge in [0, 0.05) is 15.6 Å². The summed E-state index contributed by atoms with van der Waals surface area (Å²) in [6.45, 7) is 4.02. The monoisotopic (exact) mass is 493 g/mol. The summed E-state index contributed by atoms with van der Waals surface area (Å²) in [4.78, 5) is 16.6. The van der Waals surface area contributed by atoms with Crippen LogP contribution >= 0.6 is 34.5 Å². The van der Waals surface area contributed by atoms with Gasteiger partial charge in [-0.15, -0.1) is 0 Å². The van der Waals surface area contributed by atoms with Gasteiger partial charge in [-0.25, -0.2) is 9.78 Å². The fourth-order valence-corrected chi connectivity index (χ4v) is 4.01. The molecule has 10 heteroatoms. The van der Waals surface area contributed by atoms with Crippen LogP contribution in [0.4, 0.5) is 5.13 Å². The average molecular weight is 494 g/mol. The molecule has 0 unspecified atom stereocenters. The van der Waals surface area contributed by atoms with E-state index in [4.69, 9.17) is 37.4 Å². The number of methoxy groups -OCH3 is 1. The van der Waals surface area contributed by atoms with E-state index in [0.717, 1.165) is 5.56 Å². The van der Waals surface area contributed by atoms with Crippen LogP contribution in [0.3, 0.4) is 0 Å². The van der Waals surface area contributed by atoms with Crippen molar-refractivity contribution in [3.05, 3.63) is 68.1 Å². The van der Waals surface area contributed by atoms with Crippen molar-refractivity contribution >= 4 is 51.9 Å². The fourth-order valence-electron chi connectivity index (χ4n) is 2.70. The van der Waals surface area contributed by atoms with E-state index in [-0.39, 0.29) is 6.61 Å². The smallest absolute Gasteiger partial charge is 0.350 e. The first-order chi connectivity index (χ1) is 15.4. The second kappa shape index (κ2) is 11.2. The topological polar surface area (TPSA) is 82.0 Å². The summed E-state index contributed by atoms with van der Waals surface area (Å²) in [6.07, 6.45) is 1.61. The third-order valence-electron chi connectivity index (χ3n) is 4.25. The van der Waals surface area contributed by atoms with Gasteiger partial charge in [-0.3, -0.25) is 5.43 Å². The van der Waals surface area contributed by atoms with E-state index in [2.05, 4.69) is 15.5 Å². The van der Waals surface area contributed by atoms with Gasteiger partial charge in [0.05, 0.1) is 25.6 Å². The minimum Gasteiger partial charge on any atom is -0.493 e. The van der Waals surface area contributed by atoms with Crippen molar-refractivity contribution in [1.82, 2.24) is 4.98 Å². The molecule has 0 aliphatic carbocycles. The van der Waals surface area contributed by atoms with Crippen LogP contribution in [0, 0.1) is 6.92 Å². The molecule has 0 aliphatic rings. The Hall–Kier alpha value is -2.81. The highest BCUT2D eigenvalue weighted by Crippen LogP contribution is 2.31. The molecule has 7 nitrogen and oxygen atoms in total. The van der Waals surface area contributed by atoms with E-state index >= 15 is 0 Å². The molecule has 1 aromatic heterocycles. The van der Waals surface area contributed by atoms with Gasteiger partial charge in [0.1, 0.15) is 11.5 Å². The molecular formula is C22H21Cl2N3O4S. The number of hydrazone groups is 1. The summed E-state index contributed by atoms with van der Waals surface area (Å²) >= 11 is 13.6. The fraction of sp³-hybridized carbons (Fsp3) is 0.227. The van der Waals surface area contributed by atoms with Crippen LogP contribution < -0.4 is 14.9 Å². The molecule has 0 spiro atoms. The number of esters is 1. The number of thiazole rings is 1. The number of hydrogen-bond donors (Lipinski definition) is 1. The summed E-state index contributed by atoms with van der Waals surface area (Å²) < 4.78 is 16.3. The highest BCUT2D eigenvalue weighted by molar-refractivity contribution is 7.17. The van der Waals surface area contributed by atoms with E-state index in [1.165, 1.54) is 11.3 Å².